The number of ether oxygens (including phenoxy) is 1. The fourth-order valence-corrected chi connectivity index (χ4v) is 2.74. The minimum absolute atomic E-state index is 0.498. The molecule has 1 aliphatic rings. The molecule has 0 aromatic heterocycles. The molecular weight excluding hydrogens is 222 g/mol. The maximum absolute atomic E-state index is 5.77. The lowest BCUT2D eigenvalue weighted by Crippen LogP contribution is -2.27. The summed E-state index contributed by atoms with van der Waals surface area (Å²) in [5, 5.41) is 3.49. The summed E-state index contributed by atoms with van der Waals surface area (Å²) in [6.45, 7) is 5.29. The molecule has 1 aromatic carbocycles. The van der Waals surface area contributed by atoms with Gasteiger partial charge in [-0.3, -0.25) is 0 Å². The van der Waals surface area contributed by atoms with Crippen molar-refractivity contribution in [2.75, 3.05) is 19.7 Å². The normalized spacial score (nSPS) is 21.1. The zero-order valence-corrected chi connectivity index (χ0v) is 11.4. The van der Waals surface area contributed by atoms with Crippen LogP contribution < -0.4 is 5.32 Å². The standard InChI is InChI=1S/C16H25NO/c1-2-17-13-15(12-16-9-6-10-18-16)11-14-7-4-3-5-8-14/h3-5,7-8,15-17H,2,6,9-13H2,1H3. The lowest BCUT2D eigenvalue weighted by molar-refractivity contribution is 0.0893. The topological polar surface area (TPSA) is 21.3 Å². The van der Waals surface area contributed by atoms with Crippen molar-refractivity contribution in [3.8, 4) is 0 Å². The van der Waals surface area contributed by atoms with Gasteiger partial charge in [0.2, 0.25) is 0 Å². The largest absolute Gasteiger partial charge is 0.378 e. The molecule has 2 atom stereocenters. The number of hydrogen-bond donors (Lipinski definition) is 1. The van der Waals surface area contributed by atoms with E-state index in [-0.39, 0.29) is 0 Å². The van der Waals surface area contributed by atoms with Crippen LogP contribution in [0, 0.1) is 5.92 Å². The highest BCUT2D eigenvalue weighted by molar-refractivity contribution is 5.15. The molecule has 18 heavy (non-hydrogen) atoms. The average Bonchev–Trinajstić information content (AvgIpc) is 2.90. The van der Waals surface area contributed by atoms with Gasteiger partial charge in [0.25, 0.3) is 0 Å². The zero-order chi connectivity index (χ0) is 12.6. The van der Waals surface area contributed by atoms with E-state index >= 15 is 0 Å². The monoisotopic (exact) mass is 247 g/mol. The average molecular weight is 247 g/mol. The van der Waals surface area contributed by atoms with Crippen LogP contribution in [0.3, 0.4) is 0 Å². The Morgan fingerprint density at radius 1 is 1.33 bits per heavy atom. The Bertz CT molecular complexity index is 319. The molecule has 100 valence electrons. The highest BCUT2D eigenvalue weighted by Crippen LogP contribution is 2.22. The van der Waals surface area contributed by atoms with E-state index in [1.165, 1.54) is 24.8 Å². The molecule has 2 nitrogen and oxygen atoms in total. The predicted molar refractivity (Wildman–Crippen MR) is 75.8 cm³/mol. The van der Waals surface area contributed by atoms with Crippen LogP contribution in [-0.2, 0) is 11.2 Å². The second-order valence-electron chi connectivity index (χ2n) is 5.23. The summed E-state index contributed by atoms with van der Waals surface area (Å²) in [4.78, 5) is 0. The highest BCUT2D eigenvalue weighted by atomic mass is 16.5. The maximum atomic E-state index is 5.77. The molecule has 0 bridgehead atoms. The van der Waals surface area contributed by atoms with E-state index < -0.39 is 0 Å². The molecule has 2 rings (SSSR count). The van der Waals surface area contributed by atoms with Crippen molar-refractivity contribution in [1.82, 2.24) is 5.32 Å². The first-order valence-electron chi connectivity index (χ1n) is 7.24. The zero-order valence-electron chi connectivity index (χ0n) is 11.4. The van der Waals surface area contributed by atoms with Gasteiger partial charge in [-0.05, 0) is 50.3 Å². The molecule has 1 heterocycles. The Morgan fingerprint density at radius 3 is 2.83 bits per heavy atom. The van der Waals surface area contributed by atoms with Crippen molar-refractivity contribution < 1.29 is 4.74 Å². The third kappa shape index (κ3) is 4.43. The van der Waals surface area contributed by atoms with Crippen LogP contribution in [0.4, 0.5) is 0 Å². The van der Waals surface area contributed by atoms with Gasteiger partial charge in [0.15, 0.2) is 0 Å². The van der Waals surface area contributed by atoms with E-state index in [2.05, 4.69) is 42.6 Å². The second kappa shape index (κ2) is 7.55. The van der Waals surface area contributed by atoms with E-state index in [1.807, 2.05) is 0 Å². The fraction of sp³-hybridized carbons (Fsp3) is 0.625. The van der Waals surface area contributed by atoms with Crippen LogP contribution in [0.1, 0.15) is 31.7 Å². The van der Waals surface area contributed by atoms with Gasteiger partial charge in [0.1, 0.15) is 0 Å². The Labute approximate surface area is 111 Å². The molecule has 0 spiro atoms. The molecule has 2 heteroatoms. The lowest BCUT2D eigenvalue weighted by atomic mass is 9.92. The van der Waals surface area contributed by atoms with Crippen LogP contribution in [0.5, 0.6) is 0 Å². The van der Waals surface area contributed by atoms with Crippen LogP contribution in [0.15, 0.2) is 30.3 Å². The van der Waals surface area contributed by atoms with Crippen molar-refractivity contribution in [2.24, 2.45) is 5.92 Å². The van der Waals surface area contributed by atoms with Crippen molar-refractivity contribution >= 4 is 0 Å². The summed E-state index contributed by atoms with van der Waals surface area (Å²) < 4.78 is 5.77. The van der Waals surface area contributed by atoms with E-state index in [9.17, 15) is 0 Å². The van der Waals surface area contributed by atoms with Crippen molar-refractivity contribution in [1.29, 1.82) is 0 Å². The van der Waals surface area contributed by atoms with Crippen molar-refractivity contribution in [2.45, 2.75) is 38.7 Å². The summed E-state index contributed by atoms with van der Waals surface area (Å²) in [6, 6.07) is 10.8. The first-order chi connectivity index (χ1) is 8.88. The van der Waals surface area contributed by atoms with Gasteiger partial charge in [-0.2, -0.15) is 0 Å². The van der Waals surface area contributed by atoms with Crippen molar-refractivity contribution in [3.63, 3.8) is 0 Å². The summed E-state index contributed by atoms with van der Waals surface area (Å²) in [5.41, 5.74) is 1.44. The van der Waals surface area contributed by atoms with Crippen LogP contribution >= 0.6 is 0 Å². The summed E-state index contributed by atoms with van der Waals surface area (Å²) >= 11 is 0. The SMILES string of the molecule is CCNCC(Cc1ccccc1)CC1CCCO1. The van der Waals surface area contributed by atoms with Gasteiger partial charge in [0.05, 0.1) is 6.10 Å². The maximum Gasteiger partial charge on any atom is 0.0579 e. The first kappa shape index (κ1) is 13.6. The Hall–Kier alpha value is -0.860. The summed E-state index contributed by atoms with van der Waals surface area (Å²) in [7, 11) is 0. The molecule has 2 unspecified atom stereocenters. The number of hydrogen-bond acceptors (Lipinski definition) is 2. The van der Waals surface area contributed by atoms with E-state index in [1.54, 1.807) is 0 Å². The van der Waals surface area contributed by atoms with Crippen molar-refractivity contribution in [3.05, 3.63) is 35.9 Å². The third-order valence-electron chi connectivity index (χ3n) is 3.67. The molecule has 0 amide bonds. The molecule has 0 aliphatic carbocycles. The van der Waals surface area contributed by atoms with Gasteiger partial charge in [0, 0.05) is 6.61 Å². The third-order valence-corrected chi connectivity index (χ3v) is 3.67. The molecule has 1 N–H and O–H groups in total. The number of benzene rings is 1. The molecule has 0 radical (unpaired) electrons. The Kier molecular flexibility index (Phi) is 5.69. The van der Waals surface area contributed by atoms with Gasteiger partial charge < -0.3 is 10.1 Å². The molecular formula is C16H25NO. The van der Waals surface area contributed by atoms with E-state index in [0.717, 1.165) is 26.1 Å². The Balaban J connectivity index is 1.87. The predicted octanol–water partition coefficient (Wildman–Crippen LogP) is 3.02. The van der Waals surface area contributed by atoms with Gasteiger partial charge in [-0.1, -0.05) is 37.3 Å². The van der Waals surface area contributed by atoms with E-state index in [0.29, 0.717) is 12.0 Å². The van der Waals surface area contributed by atoms with Gasteiger partial charge >= 0.3 is 0 Å². The van der Waals surface area contributed by atoms with Crippen LogP contribution in [0.2, 0.25) is 0 Å². The number of nitrogens with one attached hydrogen (secondary N) is 1. The highest BCUT2D eigenvalue weighted by Gasteiger charge is 2.20. The van der Waals surface area contributed by atoms with E-state index in [4.69, 9.17) is 4.74 Å². The summed E-state index contributed by atoms with van der Waals surface area (Å²) in [6.07, 6.45) is 5.34. The fourth-order valence-electron chi connectivity index (χ4n) is 2.74. The van der Waals surface area contributed by atoms with Crippen LogP contribution in [0.25, 0.3) is 0 Å². The molecule has 1 saturated heterocycles. The first-order valence-corrected chi connectivity index (χ1v) is 7.24. The molecule has 1 fully saturated rings. The minimum Gasteiger partial charge on any atom is -0.378 e. The molecule has 1 aliphatic heterocycles. The van der Waals surface area contributed by atoms with Gasteiger partial charge in [-0.15, -0.1) is 0 Å². The lowest BCUT2D eigenvalue weighted by Gasteiger charge is -2.20. The smallest absolute Gasteiger partial charge is 0.0579 e. The summed E-state index contributed by atoms with van der Waals surface area (Å²) in [5.74, 6) is 0.690. The molecule has 1 aromatic rings. The van der Waals surface area contributed by atoms with Gasteiger partial charge in [-0.25, -0.2) is 0 Å². The second-order valence-corrected chi connectivity index (χ2v) is 5.23. The molecule has 0 saturated carbocycles. The van der Waals surface area contributed by atoms with Crippen LogP contribution in [-0.4, -0.2) is 25.8 Å². The minimum atomic E-state index is 0.498. The Morgan fingerprint density at radius 2 is 2.17 bits per heavy atom. The number of rotatable bonds is 7. The quantitative estimate of drug-likeness (QED) is 0.799.